The Morgan fingerprint density at radius 1 is 1.07 bits per heavy atom. The van der Waals surface area contributed by atoms with Crippen molar-refractivity contribution in [2.24, 2.45) is 0 Å². The van der Waals surface area contributed by atoms with E-state index in [4.69, 9.17) is 4.98 Å². The Labute approximate surface area is 178 Å². The molecule has 1 aromatic carbocycles. The summed E-state index contributed by atoms with van der Waals surface area (Å²) in [7, 11) is 0. The molecule has 0 N–H and O–H groups in total. The van der Waals surface area contributed by atoms with E-state index in [-0.39, 0.29) is 11.2 Å². The first-order valence-electron chi connectivity index (χ1n) is 10.9. The number of anilines is 1. The van der Waals surface area contributed by atoms with Crippen molar-refractivity contribution in [2.45, 2.75) is 62.9 Å². The number of aryl methyl sites for hydroxylation is 1. The second-order valence-electron chi connectivity index (χ2n) is 8.28. The van der Waals surface area contributed by atoms with Gasteiger partial charge in [-0.15, -0.1) is 0 Å². The molecule has 1 saturated heterocycles. The number of imidazole rings is 1. The van der Waals surface area contributed by atoms with Crippen LogP contribution in [0.2, 0.25) is 0 Å². The number of piperazine rings is 1. The molecule has 29 heavy (non-hydrogen) atoms. The van der Waals surface area contributed by atoms with Crippen molar-refractivity contribution in [2.75, 3.05) is 31.1 Å². The van der Waals surface area contributed by atoms with Crippen LogP contribution in [0.25, 0.3) is 0 Å². The van der Waals surface area contributed by atoms with Gasteiger partial charge in [0.05, 0.1) is 10.9 Å². The van der Waals surface area contributed by atoms with Crippen LogP contribution in [0.4, 0.5) is 5.69 Å². The standard InChI is InChI=1S/C23H32N4OS/c1-17-18(2)27(21-11-7-8-12-21)23(24-17)29-19(3)22(28)26-15-13-25(14-16-26)20-9-5-4-6-10-20/h4-6,9-10,19,21H,7-8,11-16H2,1-3H3. The summed E-state index contributed by atoms with van der Waals surface area (Å²) in [6, 6.07) is 11.0. The lowest BCUT2D eigenvalue weighted by Crippen LogP contribution is -2.50. The Morgan fingerprint density at radius 3 is 2.38 bits per heavy atom. The fraction of sp³-hybridized carbons (Fsp3) is 0.565. The topological polar surface area (TPSA) is 41.4 Å². The van der Waals surface area contributed by atoms with E-state index in [1.54, 1.807) is 11.8 Å². The summed E-state index contributed by atoms with van der Waals surface area (Å²) in [6.07, 6.45) is 5.05. The number of benzene rings is 1. The summed E-state index contributed by atoms with van der Waals surface area (Å²) in [5.41, 5.74) is 3.60. The van der Waals surface area contributed by atoms with Crippen LogP contribution in [-0.2, 0) is 4.79 Å². The number of amides is 1. The molecule has 1 aliphatic carbocycles. The van der Waals surface area contributed by atoms with Gasteiger partial charge in [-0.05, 0) is 45.7 Å². The van der Waals surface area contributed by atoms with Crippen LogP contribution in [0, 0.1) is 13.8 Å². The average Bonchev–Trinajstić information content (AvgIpc) is 3.36. The van der Waals surface area contributed by atoms with Crippen LogP contribution in [0.5, 0.6) is 0 Å². The fourth-order valence-electron chi connectivity index (χ4n) is 4.56. The molecule has 2 heterocycles. The third kappa shape index (κ3) is 4.32. The molecule has 2 aliphatic rings. The van der Waals surface area contributed by atoms with Crippen LogP contribution in [0.15, 0.2) is 35.5 Å². The Hall–Kier alpha value is -1.95. The van der Waals surface area contributed by atoms with E-state index in [2.05, 4.69) is 47.6 Å². The van der Waals surface area contributed by atoms with Crippen molar-refractivity contribution >= 4 is 23.4 Å². The number of thioether (sulfide) groups is 1. The van der Waals surface area contributed by atoms with Crippen molar-refractivity contribution in [3.63, 3.8) is 0 Å². The molecule has 5 nitrogen and oxygen atoms in total. The minimum atomic E-state index is -0.111. The summed E-state index contributed by atoms with van der Waals surface area (Å²) in [5.74, 6) is 0.235. The highest BCUT2D eigenvalue weighted by Crippen LogP contribution is 2.36. The van der Waals surface area contributed by atoms with E-state index in [1.165, 1.54) is 37.1 Å². The van der Waals surface area contributed by atoms with E-state index in [9.17, 15) is 4.79 Å². The maximum atomic E-state index is 13.1. The van der Waals surface area contributed by atoms with E-state index in [1.807, 2.05) is 17.9 Å². The molecule has 4 rings (SSSR count). The maximum Gasteiger partial charge on any atom is 0.236 e. The molecular weight excluding hydrogens is 380 g/mol. The zero-order valence-corrected chi connectivity index (χ0v) is 18.6. The van der Waals surface area contributed by atoms with Gasteiger partial charge in [-0.2, -0.15) is 0 Å². The summed E-state index contributed by atoms with van der Waals surface area (Å²) in [6.45, 7) is 9.64. The molecule has 156 valence electrons. The SMILES string of the molecule is Cc1nc(SC(C)C(=O)N2CCN(c3ccccc3)CC2)n(C2CCCC2)c1C. The number of aromatic nitrogens is 2. The van der Waals surface area contributed by atoms with Crippen LogP contribution < -0.4 is 4.90 Å². The van der Waals surface area contributed by atoms with Gasteiger partial charge in [0.15, 0.2) is 5.16 Å². The average molecular weight is 413 g/mol. The van der Waals surface area contributed by atoms with Gasteiger partial charge in [-0.1, -0.05) is 42.8 Å². The minimum Gasteiger partial charge on any atom is -0.368 e. The number of hydrogen-bond acceptors (Lipinski definition) is 4. The smallest absolute Gasteiger partial charge is 0.236 e. The van der Waals surface area contributed by atoms with Crippen molar-refractivity contribution < 1.29 is 4.79 Å². The number of carbonyl (C=O) groups is 1. The fourth-order valence-corrected chi connectivity index (χ4v) is 5.72. The molecule has 0 bridgehead atoms. The summed E-state index contributed by atoms with van der Waals surface area (Å²) >= 11 is 1.64. The van der Waals surface area contributed by atoms with Gasteiger partial charge in [0.25, 0.3) is 0 Å². The van der Waals surface area contributed by atoms with Crippen molar-refractivity contribution in [1.82, 2.24) is 14.5 Å². The van der Waals surface area contributed by atoms with E-state index in [0.29, 0.717) is 6.04 Å². The van der Waals surface area contributed by atoms with Gasteiger partial charge in [0, 0.05) is 43.6 Å². The molecule has 0 radical (unpaired) electrons. The predicted octanol–water partition coefficient (Wildman–Crippen LogP) is 4.44. The van der Waals surface area contributed by atoms with Crippen LogP contribution in [0.1, 0.15) is 50.0 Å². The molecule has 1 amide bonds. The predicted molar refractivity (Wildman–Crippen MR) is 120 cm³/mol. The van der Waals surface area contributed by atoms with Gasteiger partial charge in [0.1, 0.15) is 0 Å². The lowest BCUT2D eigenvalue weighted by molar-refractivity contribution is -0.130. The highest BCUT2D eigenvalue weighted by atomic mass is 32.2. The van der Waals surface area contributed by atoms with Crippen molar-refractivity contribution in [1.29, 1.82) is 0 Å². The number of nitrogens with zero attached hydrogens (tertiary/aromatic N) is 4. The van der Waals surface area contributed by atoms with Gasteiger partial charge < -0.3 is 14.4 Å². The van der Waals surface area contributed by atoms with Crippen LogP contribution in [-0.4, -0.2) is 51.8 Å². The molecule has 1 unspecified atom stereocenters. The zero-order chi connectivity index (χ0) is 20.4. The Balaban J connectivity index is 1.39. The molecule has 0 spiro atoms. The third-order valence-corrected chi connectivity index (χ3v) is 7.44. The lowest BCUT2D eigenvalue weighted by atomic mass is 10.2. The lowest BCUT2D eigenvalue weighted by Gasteiger charge is -2.37. The molecular formula is C23H32N4OS. The zero-order valence-electron chi connectivity index (χ0n) is 17.8. The van der Waals surface area contributed by atoms with Crippen molar-refractivity contribution in [3.05, 3.63) is 41.7 Å². The second-order valence-corrected chi connectivity index (χ2v) is 9.59. The monoisotopic (exact) mass is 412 g/mol. The number of rotatable bonds is 5. The first kappa shape index (κ1) is 20.3. The van der Waals surface area contributed by atoms with Gasteiger partial charge in [-0.25, -0.2) is 4.98 Å². The Bertz CT molecular complexity index is 836. The molecule has 1 saturated carbocycles. The number of para-hydroxylation sites is 1. The maximum absolute atomic E-state index is 13.1. The van der Waals surface area contributed by atoms with E-state index >= 15 is 0 Å². The highest BCUT2D eigenvalue weighted by molar-refractivity contribution is 8.00. The highest BCUT2D eigenvalue weighted by Gasteiger charge is 2.29. The minimum absolute atomic E-state index is 0.111. The Morgan fingerprint density at radius 2 is 1.72 bits per heavy atom. The molecule has 2 aromatic rings. The van der Waals surface area contributed by atoms with Gasteiger partial charge in [-0.3, -0.25) is 4.79 Å². The molecule has 1 aliphatic heterocycles. The Kier molecular flexibility index (Phi) is 6.18. The summed E-state index contributed by atoms with van der Waals surface area (Å²) < 4.78 is 2.41. The van der Waals surface area contributed by atoms with Crippen LogP contribution in [0.3, 0.4) is 0 Å². The van der Waals surface area contributed by atoms with E-state index < -0.39 is 0 Å². The molecule has 1 atom stereocenters. The normalized spacial score (nSPS) is 19.0. The van der Waals surface area contributed by atoms with Crippen LogP contribution >= 0.6 is 11.8 Å². The van der Waals surface area contributed by atoms with Crippen molar-refractivity contribution in [3.8, 4) is 0 Å². The summed E-state index contributed by atoms with van der Waals surface area (Å²) in [5, 5.41) is 0.912. The largest absolute Gasteiger partial charge is 0.368 e. The summed E-state index contributed by atoms with van der Waals surface area (Å²) in [4.78, 5) is 22.3. The molecule has 6 heteroatoms. The van der Waals surface area contributed by atoms with Gasteiger partial charge >= 0.3 is 0 Å². The molecule has 1 aromatic heterocycles. The first-order chi connectivity index (χ1) is 14.0. The number of hydrogen-bond donors (Lipinski definition) is 0. The quantitative estimate of drug-likeness (QED) is 0.681. The second kappa shape index (κ2) is 8.82. The van der Waals surface area contributed by atoms with Gasteiger partial charge in [0.2, 0.25) is 5.91 Å². The molecule has 2 fully saturated rings. The van der Waals surface area contributed by atoms with E-state index in [0.717, 1.165) is 37.0 Å². The number of carbonyl (C=O) groups excluding carboxylic acids is 1. The first-order valence-corrected chi connectivity index (χ1v) is 11.7. The third-order valence-electron chi connectivity index (χ3n) is 6.39.